The monoisotopic (exact) mass is 455 g/mol. The first-order valence-electron chi connectivity index (χ1n) is 8.59. The normalized spacial score (nSPS) is 11.2. The van der Waals surface area contributed by atoms with Crippen molar-refractivity contribution in [2.45, 2.75) is 39.8 Å². The number of guanidine groups is 1. The van der Waals surface area contributed by atoms with Crippen LogP contribution < -0.4 is 5.32 Å². The third-order valence-electron chi connectivity index (χ3n) is 4.29. The lowest BCUT2D eigenvalue weighted by atomic mass is 10.1. The van der Waals surface area contributed by atoms with Crippen molar-refractivity contribution in [1.29, 1.82) is 0 Å². The SMILES string of the molecule is CCc1nn(C)c(CC)c1CNC(=NC)N(C)Cc1ccccc1.I. The minimum atomic E-state index is 0. The third kappa shape index (κ3) is 5.45. The van der Waals surface area contributed by atoms with Crippen molar-refractivity contribution in [3.8, 4) is 0 Å². The molecule has 0 saturated heterocycles. The lowest BCUT2D eigenvalue weighted by molar-refractivity contribution is 0.476. The summed E-state index contributed by atoms with van der Waals surface area (Å²) in [7, 11) is 5.92. The van der Waals surface area contributed by atoms with Gasteiger partial charge in [0.2, 0.25) is 0 Å². The Balaban J connectivity index is 0.00000312. The van der Waals surface area contributed by atoms with Gasteiger partial charge in [0, 0.05) is 45.5 Å². The number of rotatable bonds is 6. The van der Waals surface area contributed by atoms with Gasteiger partial charge in [-0.3, -0.25) is 9.67 Å². The molecule has 138 valence electrons. The Hall–Kier alpha value is -1.57. The van der Waals surface area contributed by atoms with Gasteiger partial charge in [0.05, 0.1) is 5.69 Å². The second-order valence-electron chi connectivity index (χ2n) is 5.95. The van der Waals surface area contributed by atoms with Gasteiger partial charge in [-0.1, -0.05) is 44.2 Å². The number of aromatic nitrogens is 2. The van der Waals surface area contributed by atoms with Crippen molar-refractivity contribution in [2.24, 2.45) is 12.0 Å². The molecule has 0 aliphatic rings. The molecule has 1 heterocycles. The van der Waals surface area contributed by atoms with Gasteiger partial charge in [0.1, 0.15) is 0 Å². The molecule has 6 heteroatoms. The van der Waals surface area contributed by atoms with Crippen LogP contribution in [-0.2, 0) is 33.0 Å². The first-order chi connectivity index (χ1) is 11.6. The molecule has 1 N–H and O–H groups in total. The molecule has 0 radical (unpaired) electrons. The van der Waals surface area contributed by atoms with Crippen molar-refractivity contribution in [1.82, 2.24) is 20.0 Å². The first-order valence-corrected chi connectivity index (χ1v) is 8.59. The number of halogens is 1. The lowest BCUT2D eigenvalue weighted by Gasteiger charge is -2.22. The predicted molar refractivity (Wildman–Crippen MR) is 115 cm³/mol. The van der Waals surface area contributed by atoms with Crippen molar-refractivity contribution < 1.29 is 0 Å². The average Bonchev–Trinajstić information content (AvgIpc) is 2.91. The molecule has 5 nitrogen and oxygen atoms in total. The molecule has 2 rings (SSSR count). The van der Waals surface area contributed by atoms with Gasteiger partial charge >= 0.3 is 0 Å². The summed E-state index contributed by atoms with van der Waals surface area (Å²) in [6, 6.07) is 10.4. The van der Waals surface area contributed by atoms with Crippen LogP contribution in [-0.4, -0.2) is 34.7 Å². The summed E-state index contributed by atoms with van der Waals surface area (Å²) < 4.78 is 2.01. The zero-order valence-corrected chi connectivity index (χ0v) is 18.2. The molecule has 2 aromatic rings. The van der Waals surface area contributed by atoms with E-state index in [-0.39, 0.29) is 24.0 Å². The number of benzene rings is 1. The van der Waals surface area contributed by atoms with E-state index in [0.717, 1.165) is 31.9 Å². The molecule has 0 aliphatic heterocycles. The quantitative estimate of drug-likeness (QED) is 0.413. The minimum Gasteiger partial charge on any atom is -0.352 e. The highest BCUT2D eigenvalue weighted by Crippen LogP contribution is 2.15. The van der Waals surface area contributed by atoms with Crippen LogP contribution in [0, 0.1) is 0 Å². The Morgan fingerprint density at radius 1 is 1.20 bits per heavy atom. The first kappa shape index (κ1) is 21.5. The van der Waals surface area contributed by atoms with Crippen LogP contribution in [0.5, 0.6) is 0 Å². The van der Waals surface area contributed by atoms with Gasteiger partial charge < -0.3 is 10.2 Å². The highest BCUT2D eigenvalue weighted by molar-refractivity contribution is 14.0. The lowest BCUT2D eigenvalue weighted by Crippen LogP contribution is -2.38. The molecule has 25 heavy (non-hydrogen) atoms. The van der Waals surface area contributed by atoms with Crippen molar-refractivity contribution in [2.75, 3.05) is 14.1 Å². The average molecular weight is 455 g/mol. The van der Waals surface area contributed by atoms with Crippen LogP contribution in [0.3, 0.4) is 0 Å². The van der Waals surface area contributed by atoms with E-state index in [9.17, 15) is 0 Å². The second kappa shape index (κ2) is 10.4. The largest absolute Gasteiger partial charge is 0.352 e. The smallest absolute Gasteiger partial charge is 0.193 e. The Bertz CT molecular complexity index is 679. The van der Waals surface area contributed by atoms with Crippen LogP contribution in [0.4, 0.5) is 0 Å². The van der Waals surface area contributed by atoms with Gasteiger partial charge in [0.15, 0.2) is 5.96 Å². The molecule has 0 spiro atoms. The molecule has 0 atom stereocenters. The minimum absolute atomic E-state index is 0. The molecule has 0 saturated carbocycles. The maximum Gasteiger partial charge on any atom is 0.193 e. The van der Waals surface area contributed by atoms with Gasteiger partial charge in [-0.05, 0) is 18.4 Å². The van der Waals surface area contributed by atoms with Gasteiger partial charge in [-0.2, -0.15) is 5.10 Å². The Morgan fingerprint density at radius 3 is 2.44 bits per heavy atom. The Kier molecular flexibility index (Phi) is 8.96. The third-order valence-corrected chi connectivity index (χ3v) is 4.29. The number of nitrogens with zero attached hydrogens (tertiary/aromatic N) is 4. The summed E-state index contributed by atoms with van der Waals surface area (Å²) in [6.07, 6.45) is 1.93. The number of aryl methyl sites for hydroxylation is 2. The standard InChI is InChI=1S/C19H29N5.HI/c1-6-17-16(18(7-2)24(5)22-17)13-21-19(20-3)23(4)14-15-11-9-8-10-12-15;/h8-12H,6-7,13-14H2,1-5H3,(H,20,21);1H. The van der Waals surface area contributed by atoms with E-state index in [1.54, 1.807) is 0 Å². The van der Waals surface area contributed by atoms with E-state index in [1.165, 1.54) is 22.5 Å². The van der Waals surface area contributed by atoms with Gasteiger partial charge in [-0.25, -0.2) is 0 Å². The Morgan fingerprint density at radius 2 is 1.88 bits per heavy atom. The number of nitrogens with one attached hydrogen (secondary N) is 1. The van der Waals surface area contributed by atoms with E-state index in [4.69, 9.17) is 0 Å². The molecular formula is C19H30IN5. The summed E-state index contributed by atoms with van der Waals surface area (Å²) in [5.41, 5.74) is 5.04. The topological polar surface area (TPSA) is 45.5 Å². The molecule has 0 amide bonds. The molecular weight excluding hydrogens is 425 g/mol. The molecule has 1 aromatic heterocycles. The van der Waals surface area contributed by atoms with Crippen LogP contribution >= 0.6 is 24.0 Å². The van der Waals surface area contributed by atoms with E-state index in [2.05, 4.69) is 65.5 Å². The summed E-state index contributed by atoms with van der Waals surface area (Å²) in [5.74, 6) is 0.895. The van der Waals surface area contributed by atoms with Crippen molar-refractivity contribution >= 4 is 29.9 Å². The second-order valence-corrected chi connectivity index (χ2v) is 5.95. The maximum absolute atomic E-state index is 4.64. The van der Waals surface area contributed by atoms with Crippen molar-refractivity contribution in [3.05, 3.63) is 52.8 Å². The molecule has 0 fully saturated rings. The van der Waals surface area contributed by atoms with E-state index >= 15 is 0 Å². The van der Waals surface area contributed by atoms with Gasteiger partial charge in [-0.15, -0.1) is 24.0 Å². The molecule has 0 bridgehead atoms. The maximum atomic E-state index is 4.64. The van der Waals surface area contributed by atoms with E-state index in [0.29, 0.717) is 0 Å². The molecule has 1 aromatic carbocycles. The highest BCUT2D eigenvalue weighted by Gasteiger charge is 2.15. The van der Waals surface area contributed by atoms with E-state index < -0.39 is 0 Å². The van der Waals surface area contributed by atoms with Crippen LogP contribution in [0.1, 0.15) is 36.4 Å². The molecule has 0 aliphatic carbocycles. The highest BCUT2D eigenvalue weighted by atomic mass is 127. The zero-order chi connectivity index (χ0) is 17.5. The fourth-order valence-electron chi connectivity index (χ4n) is 3.08. The summed E-state index contributed by atoms with van der Waals surface area (Å²) >= 11 is 0. The van der Waals surface area contributed by atoms with Crippen molar-refractivity contribution in [3.63, 3.8) is 0 Å². The summed E-state index contributed by atoms with van der Waals surface area (Å²) in [4.78, 5) is 6.56. The Labute approximate surface area is 168 Å². The van der Waals surface area contributed by atoms with Gasteiger partial charge in [0.25, 0.3) is 0 Å². The van der Waals surface area contributed by atoms with E-state index in [1.807, 2.05) is 24.8 Å². The number of hydrogen-bond donors (Lipinski definition) is 1. The fraction of sp³-hybridized carbons (Fsp3) is 0.474. The number of hydrogen-bond acceptors (Lipinski definition) is 2. The number of aliphatic imine (C=N–C) groups is 1. The zero-order valence-electron chi connectivity index (χ0n) is 15.9. The summed E-state index contributed by atoms with van der Waals surface area (Å²) in [6.45, 7) is 5.92. The fourth-order valence-corrected chi connectivity index (χ4v) is 3.08. The van der Waals surface area contributed by atoms with Crippen LogP contribution in [0.25, 0.3) is 0 Å². The van der Waals surface area contributed by atoms with Crippen LogP contribution in [0.15, 0.2) is 35.3 Å². The summed E-state index contributed by atoms with van der Waals surface area (Å²) in [5, 5.41) is 8.13. The predicted octanol–water partition coefficient (Wildman–Crippen LogP) is 3.37. The van der Waals surface area contributed by atoms with Crippen LogP contribution in [0.2, 0.25) is 0 Å². The molecule has 0 unspecified atom stereocenters.